The highest BCUT2D eigenvalue weighted by molar-refractivity contribution is 14.1. The summed E-state index contributed by atoms with van der Waals surface area (Å²) < 4.78 is 5.69. The van der Waals surface area contributed by atoms with Crippen LogP contribution in [0.4, 0.5) is 11.4 Å². The number of esters is 1. The Bertz CT molecular complexity index is 1210. The second-order valence-corrected chi connectivity index (χ2v) is 8.96. The maximum atomic E-state index is 13.0. The van der Waals surface area contributed by atoms with Crippen molar-refractivity contribution in [1.29, 1.82) is 0 Å². The third-order valence-electron chi connectivity index (χ3n) is 5.71. The molecule has 0 aromatic heterocycles. The van der Waals surface area contributed by atoms with Gasteiger partial charge in [-0.15, -0.1) is 0 Å². The van der Waals surface area contributed by atoms with E-state index in [1.54, 1.807) is 18.2 Å². The van der Waals surface area contributed by atoms with E-state index >= 15 is 0 Å². The van der Waals surface area contributed by atoms with E-state index in [0.717, 1.165) is 9.26 Å². The van der Waals surface area contributed by atoms with Crippen LogP contribution in [0.25, 0.3) is 0 Å². The minimum absolute atomic E-state index is 0.00784. The number of carbonyl (C=O) groups excluding carboxylic acids is 3. The van der Waals surface area contributed by atoms with Crippen molar-refractivity contribution in [3.8, 4) is 0 Å². The van der Waals surface area contributed by atoms with Crippen molar-refractivity contribution in [1.82, 2.24) is 4.90 Å². The number of rotatable bonds is 5. The first-order valence-corrected chi connectivity index (χ1v) is 11.9. The van der Waals surface area contributed by atoms with E-state index in [1.807, 2.05) is 59.5 Å². The van der Waals surface area contributed by atoms with Gasteiger partial charge in [0.15, 0.2) is 0 Å². The second-order valence-electron chi connectivity index (χ2n) is 7.80. The molecule has 34 heavy (non-hydrogen) atoms. The van der Waals surface area contributed by atoms with Crippen LogP contribution in [-0.4, -0.2) is 56.0 Å². The van der Waals surface area contributed by atoms with E-state index in [2.05, 4.69) is 32.8 Å². The Morgan fingerprint density at radius 1 is 0.853 bits per heavy atom. The lowest BCUT2D eigenvalue weighted by Gasteiger charge is -2.37. The molecule has 1 fully saturated rings. The first kappa shape index (κ1) is 23.7. The molecule has 7 nitrogen and oxygen atoms in total. The van der Waals surface area contributed by atoms with Gasteiger partial charge in [-0.2, -0.15) is 0 Å². The molecule has 0 bridgehead atoms. The highest BCUT2D eigenvalue weighted by Crippen LogP contribution is 2.30. The number of nitrogens with zero attached hydrogens (tertiary/aromatic N) is 2. The highest BCUT2D eigenvalue weighted by Gasteiger charge is 2.25. The molecule has 1 heterocycles. The Hall–Kier alpha value is -3.40. The molecule has 0 radical (unpaired) electrons. The molecule has 2 amide bonds. The van der Waals surface area contributed by atoms with Gasteiger partial charge in [0.25, 0.3) is 11.8 Å². The number of methoxy groups -OCH3 is 1. The van der Waals surface area contributed by atoms with Gasteiger partial charge in [0.1, 0.15) is 0 Å². The third kappa shape index (κ3) is 5.22. The number of ether oxygens (including phenoxy) is 1. The minimum atomic E-state index is -0.477. The van der Waals surface area contributed by atoms with Crippen molar-refractivity contribution in [2.45, 2.75) is 0 Å². The second kappa shape index (κ2) is 10.7. The number of nitrogens with one attached hydrogen (secondary N) is 1. The molecule has 0 spiro atoms. The van der Waals surface area contributed by atoms with Crippen LogP contribution in [0.2, 0.25) is 0 Å². The van der Waals surface area contributed by atoms with E-state index in [9.17, 15) is 14.4 Å². The molecule has 3 aromatic carbocycles. The monoisotopic (exact) mass is 569 g/mol. The summed E-state index contributed by atoms with van der Waals surface area (Å²) in [4.78, 5) is 41.9. The number of halogens is 1. The quantitative estimate of drug-likeness (QED) is 0.367. The zero-order chi connectivity index (χ0) is 24.1. The fraction of sp³-hybridized carbons (Fsp3) is 0.192. The molecule has 0 saturated carbocycles. The molecule has 174 valence electrons. The summed E-state index contributed by atoms with van der Waals surface area (Å²) in [6, 6.07) is 21.7. The smallest absolute Gasteiger partial charge is 0.337 e. The number of benzene rings is 3. The molecule has 0 unspecified atom stereocenters. The fourth-order valence-electron chi connectivity index (χ4n) is 3.91. The number of hydrogen-bond donors (Lipinski definition) is 1. The summed E-state index contributed by atoms with van der Waals surface area (Å²) in [5, 5.41) is 2.97. The number of hydrogen-bond acceptors (Lipinski definition) is 5. The lowest BCUT2D eigenvalue weighted by Crippen LogP contribution is -2.49. The topological polar surface area (TPSA) is 79.0 Å². The van der Waals surface area contributed by atoms with Gasteiger partial charge in [-0.1, -0.05) is 30.3 Å². The molecule has 8 heteroatoms. The average molecular weight is 569 g/mol. The summed E-state index contributed by atoms with van der Waals surface area (Å²) in [5.41, 5.74) is 2.89. The number of piperazine rings is 1. The van der Waals surface area contributed by atoms with Gasteiger partial charge in [-0.3, -0.25) is 9.59 Å². The van der Waals surface area contributed by atoms with Crippen molar-refractivity contribution in [2.24, 2.45) is 0 Å². The lowest BCUT2D eigenvalue weighted by molar-refractivity contribution is 0.0600. The van der Waals surface area contributed by atoms with Gasteiger partial charge >= 0.3 is 5.97 Å². The summed E-state index contributed by atoms with van der Waals surface area (Å²) in [6.07, 6.45) is 0. The van der Waals surface area contributed by atoms with E-state index < -0.39 is 5.97 Å². The first-order chi connectivity index (χ1) is 16.5. The normalized spacial score (nSPS) is 13.4. The third-order valence-corrected chi connectivity index (χ3v) is 6.65. The van der Waals surface area contributed by atoms with Crippen molar-refractivity contribution in [3.63, 3.8) is 0 Å². The molecule has 0 atom stereocenters. The summed E-state index contributed by atoms with van der Waals surface area (Å²) in [7, 11) is 1.32. The molecule has 1 N–H and O–H groups in total. The number of amides is 2. The van der Waals surface area contributed by atoms with Crippen LogP contribution >= 0.6 is 22.6 Å². The Kier molecular flexibility index (Phi) is 7.46. The molecule has 4 rings (SSSR count). The molecular weight excluding hydrogens is 545 g/mol. The van der Waals surface area contributed by atoms with E-state index in [0.29, 0.717) is 48.6 Å². The molecule has 1 saturated heterocycles. The van der Waals surface area contributed by atoms with Crippen molar-refractivity contribution < 1.29 is 19.1 Å². The minimum Gasteiger partial charge on any atom is -0.465 e. The maximum Gasteiger partial charge on any atom is 0.337 e. The van der Waals surface area contributed by atoms with Crippen LogP contribution in [-0.2, 0) is 4.74 Å². The summed E-state index contributed by atoms with van der Waals surface area (Å²) in [6.45, 7) is 2.30. The zero-order valence-corrected chi connectivity index (χ0v) is 20.8. The molecule has 1 aliphatic rings. The average Bonchev–Trinajstić information content (AvgIpc) is 2.88. The van der Waals surface area contributed by atoms with Gasteiger partial charge in [0.05, 0.1) is 29.6 Å². The van der Waals surface area contributed by atoms with Crippen LogP contribution in [0.1, 0.15) is 31.1 Å². The fourth-order valence-corrected chi connectivity index (χ4v) is 4.54. The molecule has 0 aliphatic carbocycles. The highest BCUT2D eigenvalue weighted by atomic mass is 127. The van der Waals surface area contributed by atoms with Crippen LogP contribution in [0.3, 0.4) is 0 Å². The van der Waals surface area contributed by atoms with Gasteiger partial charge in [0.2, 0.25) is 0 Å². The molecular formula is C26H24IN3O4. The maximum absolute atomic E-state index is 13.0. The van der Waals surface area contributed by atoms with Crippen LogP contribution in [0, 0.1) is 3.57 Å². The van der Waals surface area contributed by atoms with Crippen LogP contribution in [0.15, 0.2) is 72.8 Å². The van der Waals surface area contributed by atoms with E-state index in [-0.39, 0.29) is 11.8 Å². The lowest BCUT2D eigenvalue weighted by atomic mass is 10.1. The van der Waals surface area contributed by atoms with Crippen molar-refractivity contribution in [3.05, 3.63) is 93.1 Å². The van der Waals surface area contributed by atoms with Gasteiger partial charge in [-0.25, -0.2) is 4.79 Å². The van der Waals surface area contributed by atoms with Crippen molar-refractivity contribution >= 4 is 51.7 Å². The standard InChI is InChI=1S/C26H24IN3O4/c1-34-26(33)19-11-12-23(22(17-19)28-24(31)20-9-5-6-10-21(20)27)29-13-15-30(16-14-29)25(32)18-7-3-2-4-8-18/h2-12,17H,13-16H2,1H3,(H,28,31). The van der Waals surface area contributed by atoms with E-state index in [1.165, 1.54) is 7.11 Å². The van der Waals surface area contributed by atoms with Gasteiger partial charge < -0.3 is 19.9 Å². The summed E-state index contributed by atoms with van der Waals surface area (Å²) >= 11 is 2.12. The predicted molar refractivity (Wildman–Crippen MR) is 139 cm³/mol. The van der Waals surface area contributed by atoms with Gasteiger partial charge in [0, 0.05) is 35.3 Å². The Labute approximate surface area is 211 Å². The number of anilines is 2. The van der Waals surface area contributed by atoms with Crippen LogP contribution in [0.5, 0.6) is 0 Å². The Morgan fingerprint density at radius 3 is 2.21 bits per heavy atom. The van der Waals surface area contributed by atoms with Crippen LogP contribution < -0.4 is 10.2 Å². The molecule has 3 aromatic rings. The van der Waals surface area contributed by atoms with E-state index in [4.69, 9.17) is 4.74 Å². The number of carbonyl (C=O) groups is 3. The zero-order valence-electron chi connectivity index (χ0n) is 18.7. The molecule has 1 aliphatic heterocycles. The Morgan fingerprint density at radius 2 is 1.53 bits per heavy atom. The predicted octanol–water partition coefficient (Wildman–Crippen LogP) is 4.29. The van der Waals surface area contributed by atoms with Gasteiger partial charge in [-0.05, 0) is 65.1 Å². The Balaban J connectivity index is 1.55. The largest absolute Gasteiger partial charge is 0.465 e. The van der Waals surface area contributed by atoms with Crippen molar-refractivity contribution in [2.75, 3.05) is 43.5 Å². The SMILES string of the molecule is COC(=O)c1ccc(N2CCN(C(=O)c3ccccc3)CC2)c(NC(=O)c2ccccc2I)c1. The first-order valence-electron chi connectivity index (χ1n) is 10.9. The summed E-state index contributed by atoms with van der Waals surface area (Å²) in [5.74, 6) is -0.728.